The highest BCUT2D eigenvalue weighted by molar-refractivity contribution is 8.00. The molecule has 1 fully saturated rings. The van der Waals surface area contributed by atoms with Crippen molar-refractivity contribution in [2.24, 2.45) is 0 Å². The molecule has 1 aliphatic rings. The Morgan fingerprint density at radius 2 is 1.95 bits per heavy atom. The number of nitrogens with zero attached hydrogens (tertiary/aromatic N) is 2. The van der Waals surface area contributed by atoms with E-state index in [0.29, 0.717) is 12.8 Å². The van der Waals surface area contributed by atoms with Gasteiger partial charge in [0, 0.05) is 13.1 Å². The Balaban J connectivity index is 2.62. The Hall–Kier alpha value is -0.500. The molecule has 1 N–H and O–H groups in total. The number of halogens is 3. The summed E-state index contributed by atoms with van der Waals surface area (Å²) in [5.74, 6) is 0. The summed E-state index contributed by atoms with van der Waals surface area (Å²) in [5.41, 5.74) is 0. The third-order valence-corrected chi connectivity index (χ3v) is 5.75. The van der Waals surface area contributed by atoms with E-state index >= 15 is 0 Å². The molecule has 0 radical (unpaired) electrons. The van der Waals surface area contributed by atoms with Crippen LogP contribution < -0.4 is 4.72 Å². The molecule has 1 rings (SSSR count). The van der Waals surface area contributed by atoms with E-state index in [0.717, 1.165) is 4.31 Å². The van der Waals surface area contributed by atoms with Gasteiger partial charge in [0.1, 0.15) is 11.3 Å². The molecule has 110 valence electrons. The molecule has 0 saturated carbocycles. The first-order valence-electron chi connectivity index (χ1n) is 5.42. The number of thioether (sulfide) groups is 1. The van der Waals surface area contributed by atoms with E-state index in [9.17, 15) is 21.6 Å². The number of hydrogen-bond acceptors (Lipinski definition) is 4. The first-order chi connectivity index (χ1) is 8.64. The Morgan fingerprint density at radius 1 is 1.42 bits per heavy atom. The number of hydrogen-bond donors (Lipinski definition) is 1. The molecule has 0 aliphatic carbocycles. The van der Waals surface area contributed by atoms with Gasteiger partial charge in [0.2, 0.25) is 0 Å². The highest BCUT2D eigenvalue weighted by Crippen LogP contribution is 2.34. The van der Waals surface area contributed by atoms with Crippen molar-refractivity contribution < 1.29 is 21.6 Å². The smallest absolute Gasteiger partial charge is 0.197 e. The van der Waals surface area contributed by atoms with E-state index in [-0.39, 0.29) is 13.1 Å². The zero-order valence-corrected chi connectivity index (χ0v) is 11.8. The van der Waals surface area contributed by atoms with Gasteiger partial charge in [-0.05, 0) is 19.1 Å². The van der Waals surface area contributed by atoms with E-state index in [1.807, 2.05) is 0 Å². The van der Waals surface area contributed by atoms with Crippen LogP contribution in [0.3, 0.4) is 0 Å². The average molecular weight is 317 g/mol. The third-order valence-electron chi connectivity index (χ3n) is 2.92. The summed E-state index contributed by atoms with van der Waals surface area (Å²) in [6.45, 7) is -1.50. The fourth-order valence-corrected chi connectivity index (χ4v) is 3.59. The third kappa shape index (κ3) is 4.52. The van der Waals surface area contributed by atoms with Crippen LogP contribution in [-0.4, -0.2) is 49.5 Å². The molecule has 5 nitrogen and oxygen atoms in total. The van der Waals surface area contributed by atoms with Crippen LogP contribution in [-0.2, 0) is 10.2 Å². The minimum Gasteiger partial charge on any atom is -0.197 e. The summed E-state index contributed by atoms with van der Waals surface area (Å²) in [6, 6.07) is 2.14. The molecule has 1 aliphatic heterocycles. The van der Waals surface area contributed by atoms with E-state index in [1.165, 1.54) is 16.5 Å². The van der Waals surface area contributed by atoms with Gasteiger partial charge in [-0.1, -0.05) is 0 Å². The zero-order chi connectivity index (χ0) is 14.7. The molecule has 0 atom stereocenters. The summed E-state index contributed by atoms with van der Waals surface area (Å²) in [5, 5.41) is 9.04. The maximum atomic E-state index is 12.0. The van der Waals surface area contributed by atoms with Gasteiger partial charge in [0.05, 0.1) is 6.07 Å². The molecule has 1 heterocycles. The van der Waals surface area contributed by atoms with Gasteiger partial charge in [0.25, 0.3) is 10.2 Å². The molecule has 0 aromatic carbocycles. The molecular formula is C9H14F3N3O2S2. The molecule has 0 amide bonds. The number of alkyl halides is 3. The molecule has 0 bridgehead atoms. The fraction of sp³-hybridized carbons (Fsp3) is 0.889. The fourth-order valence-electron chi connectivity index (χ4n) is 1.71. The SMILES string of the molecule is CSC1(C#N)CCN(S(=O)(=O)NCC(F)(F)F)CC1. The lowest BCUT2D eigenvalue weighted by atomic mass is 9.99. The lowest BCUT2D eigenvalue weighted by Crippen LogP contribution is -2.50. The minimum absolute atomic E-state index is 0.0432. The highest BCUT2D eigenvalue weighted by atomic mass is 32.2. The Labute approximate surface area is 114 Å². The van der Waals surface area contributed by atoms with Crippen LogP contribution in [0.25, 0.3) is 0 Å². The van der Waals surface area contributed by atoms with Gasteiger partial charge in [-0.25, -0.2) is 0 Å². The van der Waals surface area contributed by atoms with Gasteiger partial charge < -0.3 is 0 Å². The average Bonchev–Trinajstić information content (AvgIpc) is 2.36. The van der Waals surface area contributed by atoms with Crippen LogP contribution in [0.5, 0.6) is 0 Å². The number of rotatable bonds is 4. The van der Waals surface area contributed by atoms with Crippen LogP contribution in [0.15, 0.2) is 0 Å². The first-order valence-corrected chi connectivity index (χ1v) is 8.08. The van der Waals surface area contributed by atoms with E-state index < -0.39 is 27.7 Å². The quantitative estimate of drug-likeness (QED) is 0.843. The molecule has 0 aromatic heterocycles. The minimum atomic E-state index is -4.58. The van der Waals surface area contributed by atoms with E-state index in [2.05, 4.69) is 6.07 Å². The summed E-state index contributed by atoms with van der Waals surface area (Å²) >= 11 is 1.34. The summed E-state index contributed by atoms with van der Waals surface area (Å²) in [6.07, 6.45) is -2.22. The molecule has 1 saturated heterocycles. The molecule has 10 heteroatoms. The number of piperidine rings is 1. The van der Waals surface area contributed by atoms with Crippen LogP contribution >= 0.6 is 11.8 Å². The van der Waals surface area contributed by atoms with Crippen molar-refractivity contribution in [2.45, 2.75) is 23.8 Å². The van der Waals surface area contributed by atoms with Gasteiger partial charge in [-0.3, -0.25) is 0 Å². The first kappa shape index (κ1) is 16.6. The Kier molecular flexibility index (Phi) is 5.11. The summed E-state index contributed by atoms with van der Waals surface area (Å²) in [7, 11) is -4.14. The Morgan fingerprint density at radius 3 is 2.32 bits per heavy atom. The predicted octanol–water partition coefficient (Wildman–Crippen LogP) is 1.10. The van der Waals surface area contributed by atoms with Gasteiger partial charge in [0.15, 0.2) is 0 Å². The second-order valence-corrected chi connectivity index (χ2v) is 7.10. The van der Waals surface area contributed by atoms with Crippen molar-refractivity contribution in [3.8, 4) is 6.07 Å². The van der Waals surface area contributed by atoms with E-state index in [4.69, 9.17) is 5.26 Å². The largest absolute Gasteiger partial charge is 0.402 e. The van der Waals surface area contributed by atoms with Crippen LogP contribution in [0.2, 0.25) is 0 Å². The maximum Gasteiger partial charge on any atom is 0.402 e. The van der Waals surface area contributed by atoms with Gasteiger partial charge in [-0.2, -0.15) is 35.9 Å². The van der Waals surface area contributed by atoms with Crippen LogP contribution in [0.1, 0.15) is 12.8 Å². The van der Waals surface area contributed by atoms with Crippen molar-refractivity contribution in [3.05, 3.63) is 0 Å². The lowest BCUT2D eigenvalue weighted by molar-refractivity contribution is -0.121. The zero-order valence-electron chi connectivity index (χ0n) is 10.2. The van der Waals surface area contributed by atoms with Crippen molar-refractivity contribution in [1.82, 2.24) is 9.03 Å². The Bertz CT molecular complexity index is 450. The van der Waals surface area contributed by atoms with E-state index in [1.54, 1.807) is 6.26 Å². The van der Waals surface area contributed by atoms with Crippen molar-refractivity contribution >= 4 is 22.0 Å². The van der Waals surface area contributed by atoms with Crippen LogP contribution in [0.4, 0.5) is 13.2 Å². The number of nitriles is 1. The molecule has 19 heavy (non-hydrogen) atoms. The second-order valence-electron chi connectivity index (χ2n) is 4.15. The van der Waals surface area contributed by atoms with Gasteiger partial charge >= 0.3 is 6.18 Å². The van der Waals surface area contributed by atoms with Gasteiger partial charge in [-0.15, -0.1) is 11.8 Å². The van der Waals surface area contributed by atoms with Crippen molar-refractivity contribution in [3.63, 3.8) is 0 Å². The normalized spacial score (nSPS) is 21.0. The molecule has 0 spiro atoms. The standard InChI is InChI=1S/C9H14F3N3O2S2/c1-18-8(6-13)2-4-15(5-3-8)19(16,17)14-7-9(10,11)12/h14H,2-5,7H2,1H3. The predicted molar refractivity (Wildman–Crippen MR) is 65.6 cm³/mol. The summed E-state index contributed by atoms with van der Waals surface area (Å²) < 4.78 is 61.1. The highest BCUT2D eigenvalue weighted by Gasteiger charge is 2.39. The van der Waals surface area contributed by atoms with Crippen molar-refractivity contribution in [2.75, 3.05) is 25.9 Å². The monoisotopic (exact) mass is 317 g/mol. The lowest BCUT2D eigenvalue weighted by Gasteiger charge is -2.35. The molecule has 0 unspecified atom stereocenters. The maximum absolute atomic E-state index is 12.0. The topological polar surface area (TPSA) is 73.2 Å². The molecular weight excluding hydrogens is 303 g/mol. The van der Waals surface area contributed by atoms with Crippen LogP contribution in [0, 0.1) is 11.3 Å². The molecule has 0 aromatic rings. The van der Waals surface area contributed by atoms with Crippen molar-refractivity contribution in [1.29, 1.82) is 5.26 Å². The summed E-state index contributed by atoms with van der Waals surface area (Å²) in [4.78, 5) is 0. The second kappa shape index (κ2) is 5.87. The number of nitrogens with one attached hydrogen (secondary N) is 1.